The summed E-state index contributed by atoms with van der Waals surface area (Å²) in [6.07, 6.45) is 6.11. The third-order valence-corrected chi connectivity index (χ3v) is 4.32. The molecule has 19 heavy (non-hydrogen) atoms. The van der Waals surface area contributed by atoms with E-state index in [-0.39, 0.29) is 5.41 Å². The van der Waals surface area contributed by atoms with Crippen LogP contribution in [0.15, 0.2) is 0 Å². The number of hydrogen-bond acceptors (Lipinski definition) is 3. The molecule has 0 saturated carbocycles. The molecule has 3 nitrogen and oxygen atoms in total. The molecule has 0 aromatic carbocycles. The van der Waals surface area contributed by atoms with Crippen LogP contribution < -0.4 is 0 Å². The maximum atomic E-state index is 8.98. The second kappa shape index (κ2) is 7.87. The van der Waals surface area contributed by atoms with Crippen LogP contribution in [0.4, 0.5) is 0 Å². The SMILES string of the molecule is CCN1CCCC1CN(C)CCCCC(C)(C)C#N. The van der Waals surface area contributed by atoms with Gasteiger partial charge in [-0.3, -0.25) is 4.90 Å². The molecule has 1 aliphatic heterocycles. The first kappa shape index (κ1) is 16.5. The Kier molecular flexibility index (Phi) is 6.82. The van der Waals surface area contributed by atoms with Gasteiger partial charge < -0.3 is 4.90 Å². The van der Waals surface area contributed by atoms with Crippen molar-refractivity contribution in [1.82, 2.24) is 9.80 Å². The predicted octanol–water partition coefficient (Wildman–Crippen LogP) is 3.12. The topological polar surface area (TPSA) is 30.3 Å². The number of likely N-dealkylation sites (N-methyl/N-ethyl adjacent to an activating group) is 2. The Bertz CT molecular complexity index is 293. The molecule has 0 aromatic heterocycles. The molecule has 0 aromatic rings. The van der Waals surface area contributed by atoms with Crippen molar-refractivity contribution in [2.45, 2.75) is 58.9 Å². The van der Waals surface area contributed by atoms with Crippen molar-refractivity contribution >= 4 is 0 Å². The minimum absolute atomic E-state index is 0.150. The maximum Gasteiger partial charge on any atom is 0.0683 e. The van der Waals surface area contributed by atoms with E-state index >= 15 is 0 Å². The van der Waals surface area contributed by atoms with E-state index in [0.29, 0.717) is 0 Å². The van der Waals surface area contributed by atoms with E-state index < -0.39 is 0 Å². The fourth-order valence-electron chi connectivity index (χ4n) is 2.97. The van der Waals surface area contributed by atoms with E-state index in [1.54, 1.807) is 0 Å². The second-order valence-corrected chi connectivity index (χ2v) is 6.64. The number of rotatable bonds is 8. The van der Waals surface area contributed by atoms with Gasteiger partial charge in [0.15, 0.2) is 0 Å². The number of likely N-dealkylation sites (tertiary alicyclic amines) is 1. The van der Waals surface area contributed by atoms with E-state index in [0.717, 1.165) is 25.4 Å². The molecule has 0 bridgehead atoms. The molecular weight excluding hydrogens is 234 g/mol. The zero-order chi connectivity index (χ0) is 14.3. The Morgan fingerprint density at radius 1 is 1.37 bits per heavy atom. The molecule has 0 spiro atoms. The minimum Gasteiger partial charge on any atom is -0.305 e. The second-order valence-electron chi connectivity index (χ2n) is 6.64. The lowest BCUT2D eigenvalue weighted by Gasteiger charge is -2.27. The molecule has 1 saturated heterocycles. The molecule has 0 radical (unpaired) electrons. The van der Waals surface area contributed by atoms with Crippen LogP contribution >= 0.6 is 0 Å². The van der Waals surface area contributed by atoms with E-state index in [1.807, 2.05) is 13.8 Å². The van der Waals surface area contributed by atoms with Gasteiger partial charge in [0.1, 0.15) is 0 Å². The highest BCUT2D eigenvalue weighted by molar-refractivity contribution is 4.91. The van der Waals surface area contributed by atoms with Gasteiger partial charge in [-0.25, -0.2) is 0 Å². The largest absolute Gasteiger partial charge is 0.305 e. The zero-order valence-electron chi connectivity index (χ0n) is 13.3. The van der Waals surface area contributed by atoms with Crippen LogP contribution in [-0.4, -0.2) is 49.1 Å². The molecule has 1 aliphatic rings. The summed E-state index contributed by atoms with van der Waals surface area (Å²) in [4.78, 5) is 5.08. The fraction of sp³-hybridized carbons (Fsp3) is 0.938. The molecule has 0 amide bonds. The lowest BCUT2D eigenvalue weighted by molar-refractivity contribution is 0.196. The third-order valence-electron chi connectivity index (χ3n) is 4.32. The van der Waals surface area contributed by atoms with Gasteiger partial charge in [-0.1, -0.05) is 13.3 Å². The summed E-state index contributed by atoms with van der Waals surface area (Å²) in [6, 6.07) is 3.15. The van der Waals surface area contributed by atoms with Crippen molar-refractivity contribution in [2.75, 3.05) is 33.2 Å². The Balaban J connectivity index is 2.15. The van der Waals surface area contributed by atoms with Gasteiger partial charge in [-0.2, -0.15) is 5.26 Å². The van der Waals surface area contributed by atoms with Gasteiger partial charge in [0.2, 0.25) is 0 Å². The summed E-state index contributed by atoms with van der Waals surface area (Å²) in [5, 5.41) is 8.98. The molecule has 110 valence electrons. The monoisotopic (exact) mass is 265 g/mol. The van der Waals surface area contributed by atoms with Crippen molar-refractivity contribution in [1.29, 1.82) is 5.26 Å². The van der Waals surface area contributed by atoms with Crippen molar-refractivity contribution in [2.24, 2.45) is 5.41 Å². The quantitative estimate of drug-likeness (QED) is 0.632. The number of nitrogens with zero attached hydrogens (tertiary/aromatic N) is 3. The number of unbranched alkanes of at least 4 members (excludes halogenated alkanes) is 1. The zero-order valence-corrected chi connectivity index (χ0v) is 13.3. The Morgan fingerprint density at radius 3 is 2.74 bits per heavy atom. The van der Waals surface area contributed by atoms with Gasteiger partial charge in [0.25, 0.3) is 0 Å². The Hall–Kier alpha value is -0.590. The lowest BCUT2D eigenvalue weighted by Crippen LogP contribution is -2.39. The average molecular weight is 265 g/mol. The minimum atomic E-state index is -0.150. The molecule has 1 unspecified atom stereocenters. The number of nitriles is 1. The molecule has 1 atom stereocenters. The standard InChI is InChI=1S/C16H31N3/c1-5-19-12-8-9-15(19)13-18(4)11-7-6-10-16(2,3)14-17/h15H,5-13H2,1-4H3. The smallest absolute Gasteiger partial charge is 0.0683 e. The predicted molar refractivity (Wildman–Crippen MR) is 81.0 cm³/mol. The van der Waals surface area contributed by atoms with Crippen molar-refractivity contribution < 1.29 is 0 Å². The van der Waals surface area contributed by atoms with Crippen LogP contribution in [0.3, 0.4) is 0 Å². The van der Waals surface area contributed by atoms with E-state index in [4.69, 9.17) is 5.26 Å². The summed E-state index contributed by atoms with van der Waals surface area (Å²) < 4.78 is 0. The summed E-state index contributed by atoms with van der Waals surface area (Å²) in [5.41, 5.74) is -0.150. The summed E-state index contributed by atoms with van der Waals surface area (Å²) >= 11 is 0. The normalized spacial score (nSPS) is 20.9. The highest BCUT2D eigenvalue weighted by atomic mass is 15.2. The Labute approximate surface area is 119 Å². The van der Waals surface area contributed by atoms with Crippen LogP contribution in [0.2, 0.25) is 0 Å². The highest BCUT2D eigenvalue weighted by Gasteiger charge is 2.23. The first-order valence-electron chi connectivity index (χ1n) is 7.82. The first-order valence-corrected chi connectivity index (χ1v) is 7.82. The van der Waals surface area contributed by atoms with Crippen LogP contribution in [0, 0.1) is 16.7 Å². The van der Waals surface area contributed by atoms with E-state index in [1.165, 1.54) is 38.9 Å². The maximum absolute atomic E-state index is 8.98. The molecule has 1 heterocycles. The fourth-order valence-corrected chi connectivity index (χ4v) is 2.97. The van der Waals surface area contributed by atoms with E-state index in [9.17, 15) is 0 Å². The van der Waals surface area contributed by atoms with Crippen molar-refractivity contribution in [3.05, 3.63) is 0 Å². The summed E-state index contributed by atoms with van der Waals surface area (Å²) in [5.74, 6) is 0. The van der Waals surface area contributed by atoms with Crippen LogP contribution in [0.5, 0.6) is 0 Å². The average Bonchev–Trinajstić information content (AvgIpc) is 2.82. The first-order chi connectivity index (χ1) is 8.98. The van der Waals surface area contributed by atoms with Gasteiger partial charge in [-0.15, -0.1) is 0 Å². The number of hydrogen-bond donors (Lipinski definition) is 0. The molecular formula is C16H31N3. The highest BCUT2D eigenvalue weighted by Crippen LogP contribution is 2.22. The van der Waals surface area contributed by atoms with Crippen LogP contribution in [0.25, 0.3) is 0 Å². The molecule has 0 N–H and O–H groups in total. The molecule has 1 rings (SSSR count). The molecule has 0 aliphatic carbocycles. The summed E-state index contributed by atoms with van der Waals surface area (Å²) in [6.45, 7) is 11.2. The lowest BCUT2D eigenvalue weighted by atomic mass is 9.89. The Morgan fingerprint density at radius 2 is 2.11 bits per heavy atom. The van der Waals surface area contributed by atoms with Gasteiger partial charge >= 0.3 is 0 Å². The van der Waals surface area contributed by atoms with Gasteiger partial charge in [0.05, 0.1) is 11.5 Å². The van der Waals surface area contributed by atoms with Gasteiger partial charge in [0, 0.05) is 12.6 Å². The summed E-state index contributed by atoms with van der Waals surface area (Å²) in [7, 11) is 2.24. The van der Waals surface area contributed by atoms with Crippen LogP contribution in [-0.2, 0) is 0 Å². The van der Waals surface area contributed by atoms with E-state index in [2.05, 4.69) is 29.8 Å². The van der Waals surface area contributed by atoms with Crippen molar-refractivity contribution in [3.63, 3.8) is 0 Å². The van der Waals surface area contributed by atoms with Crippen LogP contribution in [0.1, 0.15) is 52.9 Å². The van der Waals surface area contributed by atoms with Gasteiger partial charge in [-0.05, 0) is 66.2 Å². The molecule has 3 heteroatoms. The third kappa shape index (κ3) is 5.93. The molecule has 1 fully saturated rings. The van der Waals surface area contributed by atoms with Crippen molar-refractivity contribution in [3.8, 4) is 6.07 Å².